The van der Waals surface area contributed by atoms with Crippen molar-refractivity contribution in [3.05, 3.63) is 33.9 Å². The van der Waals surface area contributed by atoms with Crippen molar-refractivity contribution in [3.63, 3.8) is 0 Å². The Morgan fingerprint density at radius 2 is 2.11 bits per heavy atom. The molecule has 5 nitrogen and oxygen atoms in total. The number of alkyl halides is 3. The smallest absolute Gasteiger partial charge is 0.366 e. The number of halogens is 3. The van der Waals surface area contributed by atoms with Crippen molar-refractivity contribution in [1.29, 1.82) is 5.26 Å². The maximum absolute atomic E-state index is 12.2. The van der Waals surface area contributed by atoms with E-state index in [9.17, 15) is 23.3 Å². The van der Waals surface area contributed by atoms with Crippen molar-refractivity contribution in [1.82, 2.24) is 0 Å². The van der Waals surface area contributed by atoms with Gasteiger partial charge in [0.2, 0.25) is 0 Å². The molecule has 0 saturated carbocycles. The summed E-state index contributed by atoms with van der Waals surface area (Å²) in [5.41, 5.74) is -0.675. The largest absolute Gasteiger partial charge is 0.405 e. The summed E-state index contributed by atoms with van der Waals surface area (Å²) in [4.78, 5) is 10.7. The fraction of sp³-hybridized carbons (Fsp3) is 0.300. The zero-order valence-corrected chi connectivity index (χ0v) is 9.23. The summed E-state index contributed by atoms with van der Waals surface area (Å²) in [5, 5.41) is 19.3. The Kier molecular flexibility index (Phi) is 3.76. The van der Waals surface area contributed by atoms with Crippen molar-refractivity contribution in [2.75, 3.05) is 18.5 Å². The first kappa shape index (κ1) is 13.8. The Morgan fingerprint density at radius 1 is 1.50 bits per heavy atom. The lowest BCUT2D eigenvalue weighted by atomic mass is 10.1. The molecule has 8 heteroatoms. The number of nitriles is 1. The highest BCUT2D eigenvalue weighted by molar-refractivity contribution is 5.60. The van der Waals surface area contributed by atoms with Gasteiger partial charge in [-0.25, -0.2) is 0 Å². The molecule has 18 heavy (non-hydrogen) atoms. The first-order valence-corrected chi connectivity index (χ1v) is 4.71. The van der Waals surface area contributed by atoms with E-state index in [1.54, 1.807) is 6.07 Å². The molecule has 1 aromatic rings. The van der Waals surface area contributed by atoms with E-state index in [1.165, 1.54) is 13.1 Å². The van der Waals surface area contributed by atoms with E-state index in [4.69, 9.17) is 5.26 Å². The molecule has 0 heterocycles. The SMILES string of the molecule is CN(CC(F)(F)F)c1ccc(C#N)c([N+](=O)[O-])c1. The lowest BCUT2D eigenvalue weighted by molar-refractivity contribution is -0.385. The Morgan fingerprint density at radius 3 is 2.56 bits per heavy atom. The van der Waals surface area contributed by atoms with Crippen molar-refractivity contribution in [2.24, 2.45) is 0 Å². The zero-order chi connectivity index (χ0) is 13.9. The number of anilines is 1. The first-order chi connectivity index (χ1) is 8.24. The monoisotopic (exact) mass is 259 g/mol. The second-order valence-corrected chi connectivity index (χ2v) is 3.54. The predicted molar refractivity (Wildman–Crippen MR) is 57.1 cm³/mol. The summed E-state index contributed by atoms with van der Waals surface area (Å²) >= 11 is 0. The van der Waals surface area contributed by atoms with Gasteiger partial charge in [-0.3, -0.25) is 10.1 Å². The molecule has 0 bridgehead atoms. The first-order valence-electron chi connectivity index (χ1n) is 4.71. The zero-order valence-electron chi connectivity index (χ0n) is 9.23. The molecule has 0 spiro atoms. The van der Waals surface area contributed by atoms with Crippen LogP contribution in [0.15, 0.2) is 18.2 Å². The van der Waals surface area contributed by atoms with Crippen molar-refractivity contribution in [2.45, 2.75) is 6.18 Å². The molecule has 0 amide bonds. The predicted octanol–water partition coefficient (Wildman–Crippen LogP) is 2.46. The van der Waals surface area contributed by atoms with Crippen LogP contribution < -0.4 is 4.90 Å². The summed E-state index contributed by atoms with van der Waals surface area (Å²) in [6.45, 7) is -1.23. The Hall–Kier alpha value is -2.30. The number of benzene rings is 1. The second-order valence-electron chi connectivity index (χ2n) is 3.54. The summed E-state index contributed by atoms with van der Waals surface area (Å²) in [6.07, 6.45) is -4.41. The van der Waals surface area contributed by atoms with E-state index in [2.05, 4.69) is 0 Å². The van der Waals surface area contributed by atoms with E-state index in [0.29, 0.717) is 0 Å². The number of hydrogen-bond acceptors (Lipinski definition) is 4. The van der Waals surface area contributed by atoms with Crippen LogP contribution in [0.3, 0.4) is 0 Å². The van der Waals surface area contributed by atoms with Crippen LogP contribution in [0.25, 0.3) is 0 Å². The molecule has 0 radical (unpaired) electrons. The van der Waals surface area contributed by atoms with Gasteiger partial charge in [-0.05, 0) is 12.1 Å². The lowest BCUT2D eigenvalue weighted by Gasteiger charge is -2.20. The molecule has 0 N–H and O–H groups in total. The van der Waals surface area contributed by atoms with Crippen LogP contribution >= 0.6 is 0 Å². The van der Waals surface area contributed by atoms with Gasteiger partial charge < -0.3 is 4.90 Å². The minimum atomic E-state index is -4.41. The molecule has 0 aliphatic heterocycles. The summed E-state index contributed by atoms with van der Waals surface area (Å²) < 4.78 is 36.5. The average Bonchev–Trinajstić information content (AvgIpc) is 2.25. The number of nitro benzene ring substituents is 1. The fourth-order valence-electron chi connectivity index (χ4n) is 1.36. The van der Waals surface area contributed by atoms with E-state index < -0.39 is 23.3 Å². The summed E-state index contributed by atoms with van der Waals surface area (Å²) in [6, 6.07) is 4.92. The maximum Gasteiger partial charge on any atom is 0.405 e. The molecule has 0 aromatic heterocycles. The van der Waals surface area contributed by atoms with Gasteiger partial charge in [0.1, 0.15) is 18.2 Å². The van der Waals surface area contributed by atoms with Crippen molar-refractivity contribution < 1.29 is 18.1 Å². The molecule has 0 saturated heterocycles. The molecule has 1 rings (SSSR count). The van der Waals surface area contributed by atoms with Gasteiger partial charge in [0.15, 0.2) is 0 Å². The Labute approximate surface area is 100 Å². The van der Waals surface area contributed by atoms with Gasteiger partial charge in [0, 0.05) is 18.8 Å². The number of rotatable bonds is 3. The Bertz CT molecular complexity index is 508. The van der Waals surface area contributed by atoms with Gasteiger partial charge in [0.25, 0.3) is 5.69 Å². The van der Waals surface area contributed by atoms with E-state index in [-0.39, 0.29) is 11.3 Å². The highest BCUT2D eigenvalue weighted by Gasteiger charge is 2.30. The molecule has 1 aromatic carbocycles. The van der Waals surface area contributed by atoms with E-state index in [1.807, 2.05) is 0 Å². The number of hydrogen-bond donors (Lipinski definition) is 0. The van der Waals surface area contributed by atoms with Crippen LogP contribution in [0.5, 0.6) is 0 Å². The number of nitrogens with zero attached hydrogens (tertiary/aromatic N) is 3. The van der Waals surface area contributed by atoms with Crippen LogP contribution in [0.1, 0.15) is 5.56 Å². The van der Waals surface area contributed by atoms with E-state index >= 15 is 0 Å². The van der Waals surface area contributed by atoms with Crippen molar-refractivity contribution in [3.8, 4) is 6.07 Å². The third-order valence-electron chi connectivity index (χ3n) is 2.16. The topological polar surface area (TPSA) is 70.2 Å². The normalized spacial score (nSPS) is 10.8. The highest BCUT2D eigenvalue weighted by atomic mass is 19.4. The molecule has 0 aliphatic rings. The quantitative estimate of drug-likeness (QED) is 0.617. The van der Waals surface area contributed by atoms with Crippen LogP contribution in [0.2, 0.25) is 0 Å². The molecule has 0 aliphatic carbocycles. The third kappa shape index (κ3) is 3.35. The molecule has 0 unspecified atom stereocenters. The van der Waals surface area contributed by atoms with Gasteiger partial charge in [-0.15, -0.1) is 0 Å². The summed E-state index contributed by atoms with van der Waals surface area (Å²) in [7, 11) is 1.17. The standard InChI is InChI=1S/C10H8F3N3O2/c1-15(6-10(11,12)13)8-3-2-7(5-14)9(4-8)16(17)18/h2-4H,6H2,1H3. The average molecular weight is 259 g/mol. The van der Waals surface area contributed by atoms with Crippen LogP contribution in [-0.4, -0.2) is 24.7 Å². The molecule has 96 valence electrons. The van der Waals surface area contributed by atoms with Gasteiger partial charge in [-0.1, -0.05) is 0 Å². The fourth-order valence-corrected chi connectivity index (χ4v) is 1.36. The van der Waals surface area contributed by atoms with Crippen LogP contribution in [0.4, 0.5) is 24.5 Å². The summed E-state index contributed by atoms with van der Waals surface area (Å²) in [5.74, 6) is 0. The molecular formula is C10H8F3N3O2. The number of nitro groups is 1. The van der Waals surface area contributed by atoms with Crippen molar-refractivity contribution >= 4 is 11.4 Å². The highest BCUT2D eigenvalue weighted by Crippen LogP contribution is 2.26. The van der Waals surface area contributed by atoms with Crippen LogP contribution in [-0.2, 0) is 0 Å². The Balaban J connectivity index is 3.09. The van der Waals surface area contributed by atoms with E-state index in [0.717, 1.165) is 17.0 Å². The third-order valence-corrected chi connectivity index (χ3v) is 2.16. The molecule has 0 atom stereocenters. The molecule has 0 fully saturated rings. The lowest BCUT2D eigenvalue weighted by Crippen LogP contribution is -2.30. The minimum Gasteiger partial charge on any atom is -0.366 e. The van der Waals surface area contributed by atoms with Gasteiger partial charge in [-0.2, -0.15) is 18.4 Å². The minimum absolute atomic E-state index is 0.0259. The van der Waals surface area contributed by atoms with Gasteiger partial charge in [0.05, 0.1) is 4.92 Å². The molecular weight excluding hydrogens is 251 g/mol. The van der Waals surface area contributed by atoms with Crippen LogP contribution in [0, 0.1) is 21.4 Å². The van der Waals surface area contributed by atoms with Gasteiger partial charge >= 0.3 is 6.18 Å². The second kappa shape index (κ2) is 4.91. The maximum atomic E-state index is 12.2.